The van der Waals surface area contributed by atoms with E-state index < -0.39 is 0 Å². The van der Waals surface area contributed by atoms with Crippen molar-refractivity contribution < 1.29 is 0 Å². The Morgan fingerprint density at radius 2 is 0.889 bits per heavy atom. The number of nitrogens with zero attached hydrogens (tertiary/aromatic N) is 6. The van der Waals surface area contributed by atoms with Crippen LogP contribution in [0.4, 0.5) is 0 Å². The smallest absolute Gasteiger partial charge is 0.189 e. The first kappa shape index (κ1) is 16.2. The minimum atomic E-state index is 0.333. The first-order chi connectivity index (χ1) is 8.40. The van der Waals surface area contributed by atoms with Gasteiger partial charge in [0.05, 0.1) is 4.90 Å². The Kier molecular flexibility index (Phi) is 6.87. The Balaban J connectivity index is 0.000000180. The molecule has 0 saturated heterocycles. The third-order valence-electron chi connectivity index (χ3n) is 1.30. The van der Waals surface area contributed by atoms with Crippen molar-refractivity contribution in [3.05, 3.63) is 0 Å². The van der Waals surface area contributed by atoms with Gasteiger partial charge in [0, 0.05) is 0 Å². The molecule has 0 unspecified atom stereocenters. The van der Waals surface area contributed by atoms with Gasteiger partial charge in [-0.05, 0) is 5.21 Å². The van der Waals surface area contributed by atoms with Crippen LogP contribution in [0.25, 0.3) is 0 Å². The summed E-state index contributed by atoms with van der Waals surface area (Å²) in [6.07, 6.45) is 0. The highest BCUT2D eigenvalue weighted by Gasteiger charge is 1.99. The zero-order valence-corrected chi connectivity index (χ0v) is 13.7. The van der Waals surface area contributed by atoms with Crippen LogP contribution in [0.1, 0.15) is 0 Å². The van der Waals surface area contributed by atoms with E-state index in [0.717, 1.165) is 0 Å². The third kappa shape index (κ3) is 5.40. The predicted octanol–water partition coefficient (Wildman–Crippen LogP) is 1.48. The van der Waals surface area contributed by atoms with Crippen LogP contribution in [-0.2, 0) is 0 Å². The van der Waals surface area contributed by atoms with Crippen molar-refractivity contribution in [2.24, 2.45) is 0 Å². The summed E-state index contributed by atoms with van der Waals surface area (Å²) >= 11 is 23.4. The van der Waals surface area contributed by atoms with Gasteiger partial charge in [-0.1, -0.05) is 0 Å². The van der Waals surface area contributed by atoms with Gasteiger partial charge >= 0.3 is 0 Å². The fraction of sp³-hybridized carbons (Fsp3) is 0. The Morgan fingerprint density at radius 1 is 0.556 bits per heavy atom. The van der Waals surface area contributed by atoms with E-state index >= 15 is 0 Å². The molecule has 2 heterocycles. The maximum atomic E-state index is 3.99. The van der Waals surface area contributed by atoms with Gasteiger partial charge in [0.25, 0.3) is 0 Å². The van der Waals surface area contributed by atoms with E-state index in [9.17, 15) is 0 Å². The van der Waals surface area contributed by atoms with Crippen molar-refractivity contribution in [3.8, 4) is 0 Å². The molecule has 0 atom stereocenters. The summed E-state index contributed by atoms with van der Waals surface area (Å²) in [5.74, 6) is 0. The minimum Gasteiger partial charge on any atom is -0.197 e. The monoisotopic (exact) mass is 354 g/mol. The molecule has 0 aromatic carbocycles. The Labute approximate surface area is 136 Å². The Hall–Kier alpha value is 0.120. The maximum absolute atomic E-state index is 3.99. The molecule has 2 rings (SSSR count). The average molecular weight is 355 g/mol. The van der Waals surface area contributed by atoms with Gasteiger partial charge in [0.2, 0.25) is 0 Å². The topological polar surface area (TPSA) is 77.3 Å². The fourth-order valence-corrected chi connectivity index (χ4v) is 1.92. The van der Waals surface area contributed by atoms with Crippen LogP contribution in [0, 0.1) is 0 Å². The molecule has 6 nitrogen and oxygen atoms in total. The third-order valence-corrected chi connectivity index (χ3v) is 3.30. The van der Waals surface area contributed by atoms with E-state index in [4.69, 9.17) is 0 Å². The summed E-state index contributed by atoms with van der Waals surface area (Å²) in [6.45, 7) is 0. The van der Waals surface area contributed by atoms with Crippen molar-refractivity contribution in [1.29, 1.82) is 0 Å². The predicted molar refractivity (Wildman–Crippen MR) is 83.2 cm³/mol. The first-order valence-electron chi connectivity index (χ1n) is 4.03. The van der Waals surface area contributed by atoms with Gasteiger partial charge in [-0.15, -0.1) is 86.0 Å². The molecule has 2 aromatic rings. The van der Waals surface area contributed by atoms with Crippen molar-refractivity contribution >= 4 is 75.8 Å². The molecule has 0 aliphatic carbocycles. The molecule has 0 fully saturated rings. The van der Waals surface area contributed by atoms with Gasteiger partial charge in [0.15, 0.2) is 15.5 Å². The second-order valence-electron chi connectivity index (χ2n) is 2.52. The fourth-order valence-electron chi connectivity index (χ4n) is 0.645. The van der Waals surface area contributed by atoms with Gasteiger partial charge in [0.1, 0.15) is 10.1 Å². The largest absolute Gasteiger partial charge is 0.197 e. The molecule has 18 heavy (non-hydrogen) atoms. The van der Waals surface area contributed by atoms with Crippen LogP contribution in [0.5, 0.6) is 0 Å². The lowest BCUT2D eigenvalue weighted by Crippen LogP contribution is -1.90. The van der Waals surface area contributed by atoms with Crippen LogP contribution in [-0.4, -0.2) is 30.4 Å². The van der Waals surface area contributed by atoms with Crippen molar-refractivity contribution in [2.75, 3.05) is 0 Å². The molecule has 0 saturated carbocycles. The lowest BCUT2D eigenvalue weighted by atomic mass is 10.7. The standard InChI is InChI=1S/2C3H3N3S3/c7-1-4-2(8)6-3(9)5-1;7-1-2(8)4-6-5-3(1)9/h(H3,4,5,6,7,8,9);(H,6,7)(H2,4,5,8,9). The van der Waals surface area contributed by atoms with Crippen molar-refractivity contribution in [1.82, 2.24) is 30.4 Å². The summed E-state index contributed by atoms with van der Waals surface area (Å²) in [5, 5.41) is 12.3. The number of aromatic nitrogens is 6. The van der Waals surface area contributed by atoms with Gasteiger partial charge in [-0.2, -0.15) is 15.0 Å². The lowest BCUT2D eigenvalue weighted by Gasteiger charge is -1.93. The average Bonchev–Trinajstić information content (AvgIpc) is 2.24. The second kappa shape index (κ2) is 7.65. The highest BCUT2D eigenvalue weighted by atomic mass is 32.1. The second-order valence-corrected chi connectivity index (χ2v) is 5.02. The zero-order valence-electron chi connectivity index (χ0n) is 8.37. The van der Waals surface area contributed by atoms with Crippen LogP contribution in [0.3, 0.4) is 0 Å². The maximum Gasteiger partial charge on any atom is 0.189 e. The van der Waals surface area contributed by atoms with Crippen molar-refractivity contribution in [3.63, 3.8) is 0 Å². The number of rotatable bonds is 0. The molecule has 0 bridgehead atoms. The number of hydrogen-bond acceptors (Lipinski definition) is 12. The molecular formula is C6H6N6S6. The summed E-state index contributed by atoms with van der Waals surface area (Å²) in [7, 11) is 0. The molecule has 0 aliphatic rings. The molecule has 96 valence electrons. The van der Waals surface area contributed by atoms with E-state index in [-0.39, 0.29) is 0 Å². The molecular weight excluding hydrogens is 349 g/mol. The highest BCUT2D eigenvalue weighted by molar-refractivity contribution is 7.85. The molecule has 2 aromatic heterocycles. The molecule has 0 aliphatic heterocycles. The highest BCUT2D eigenvalue weighted by Crippen LogP contribution is 2.18. The summed E-state index contributed by atoms with van der Waals surface area (Å²) in [5.41, 5.74) is 0. The summed E-state index contributed by atoms with van der Waals surface area (Å²) < 4.78 is 0. The lowest BCUT2D eigenvalue weighted by molar-refractivity contribution is 0.704. The molecule has 0 amide bonds. The van der Waals surface area contributed by atoms with Gasteiger partial charge in [-0.25, -0.2) is 0 Å². The van der Waals surface area contributed by atoms with E-state index in [1.807, 2.05) is 0 Å². The number of thiol groups is 6. The van der Waals surface area contributed by atoms with Crippen LogP contribution in [0.2, 0.25) is 0 Å². The minimum absolute atomic E-state index is 0.333. The van der Waals surface area contributed by atoms with E-state index in [0.29, 0.717) is 30.4 Å². The summed E-state index contributed by atoms with van der Waals surface area (Å²) in [4.78, 5) is 11.6. The SMILES string of the molecule is Sc1nc(S)nc(S)n1.Sc1nnnc(S)c1S. The van der Waals surface area contributed by atoms with Crippen LogP contribution < -0.4 is 0 Å². The summed E-state index contributed by atoms with van der Waals surface area (Å²) in [6, 6.07) is 0. The Bertz CT molecular complexity index is 479. The van der Waals surface area contributed by atoms with Crippen LogP contribution >= 0.6 is 75.8 Å². The van der Waals surface area contributed by atoms with Gasteiger partial charge in [-0.3, -0.25) is 0 Å². The molecule has 0 spiro atoms. The number of hydrogen-bond donors (Lipinski definition) is 6. The molecule has 0 N–H and O–H groups in total. The van der Waals surface area contributed by atoms with E-state index in [1.165, 1.54) is 0 Å². The first-order valence-corrected chi connectivity index (χ1v) is 6.71. The zero-order chi connectivity index (χ0) is 13.7. The van der Waals surface area contributed by atoms with E-state index in [2.05, 4.69) is 106 Å². The van der Waals surface area contributed by atoms with E-state index in [1.54, 1.807) is 0 Å². The Morgan fingerprint density at radius 3 is 1.17 bits per heavy atom. The van der Waals surface area contributed by atoms with Gasteiger partial charge < -0.3 is 0 Å². The molecule has 0 radical (unpaired) electrons. The quantitative estimate of drug-likeness (QED) is 0.403. The normalized spacial score (nSPS) is 9.67. The van der Waals surface area contributed by atoms with Crippen LogP contribution in [0.15, 0.2) is 30.4 Å². The molecule has 12 heteroatoms. The van der Waals surface area contributed by atoms with Crippen molar-refractivity contribution in [2.45, 2.75) is 30.4 Å².